The number of rotatable bonds is 3. The highest BCUT2D eigenvalue weighted by Crippen LogP contribution is 2.66. The van der Waals surface area contributed by atoms with E-state index >= 15 is 0 Å². The first kappa shape index (κ1) is 19.4. The van der Waals surface area contributed by atoms with Crippen LogP contribution >= 0.6 is 0 Å². The summed E-state index contributed by atoms with van der Waals surface area (Å²) in [6, 6.07) is 0. The summed E-state index contributed by atoms with van der Waals surface area (Å²) in [7, 11) is 0. The number of hydrogen-bond donors (Lipinski definition) is 1. The van der Waals surface area contributed by atoms with Crippen LogP contribution in [0.1, 0.15) is 79.1 Å². The summed E-state index contributed by atoms with van der Waals surface area (Å²) in [6.45, 7) is 9.19. The number of aliphatic hydroxyl groups excluding tert-OH is 1. The van der Waals surface area contributed by atoms with Gasteiger partial charge in [-0.25, -0.2) is 0 Å². The number of fused-ring (bicyclic) bond motifs is 5. The molecule has 0 aliphatic heterocycles. The van der Waals surface area contributed by atoms with Crippen LogP contribution in [0.15, 0.2) is 23.8 Å². The maximum Gasteiger partial charge on any atom is 0.159 e. The van der Waals surface area contributed by atoms with Gasteiger partial charge in [0.2, 0.25) is 0 Å². The molecule has 0 spiro atoms. The maximum atomic E-state index is 13.0. The van der Waals surface area contributed by atoms with Crippen molar-refractivity contribution in [1.29, 1.82) is 0 Å². The van der Waals surface area contributed by atoms with Crippen molar-refractivity contribution in [3.05, 3.63) is 23.8 Å². The first-order chi connectivity index (χ1) is 12.8. The van der Waals surface area contributed by atoms with E-state index in [1.807, 2.05) is 6.08 Å². The van der Waals surface area contributed by atoms with E-state index in [9.17, 15) is 9.90 Å². The zero-order valence-electron chi connectivity index (χ0n) is 17.7. The minimum atomic E-state index is -0.129. The molecule has 4 aliphatic rings. The Morgan fingerprint density at radius 1 is 1.15 bits per heavy atom. The van der Waals surface area contributed by atoms with Crippen molar-refractivity contribution in [3.63, 3.8) is 0 Å². The molecule has 0 aromatic carbocycles. The molecule has 2 nitrogen and oxygen atoms in total. The molecule has 0 saturated heterocycles. The van der Waals surface area contributed by atoms with Crippen molar-refractivity contribution < 1.29 is 9.90 Å². The van der Waals surface area contributed by atoms with Crippen LogP contribution in [0.2, 0.25) is 0 Å². The van der Waals surface area contributed by atoms with Gasteiger partial charge in [-0.05, 0) is 91.9 Å². The van der Waals surface area contributed by atoms with E-state index in [1.165, 1.54) is 31.3 Å². The van der Waals surface area contributed by atoms with E-state index in [1.54, 1.807) is 0 Å². The van der Waals surface area contributed by atoms with E-state index in [0.717, 1.165) is 37.5 Å². The Morgan fingerprint density at radius 2 is 1.93 bits per heavy atom. The van der Waals surface area contributed by atoms with Gasteiger partial charge in [0.15, 0.2) is 5.78 Å². The van der Waals surface area contributed by atoms with Crippen LogP contribution in [-0.4, -0.2) is 17.0 Å². The van der Waals surface area contributed by atoms with Crippen molar-refractivity contribution >= 4 is 5.78 Å². The summed E-state index contributed by atoms with van der Waals surface area (Å²) >= 11 is 0. The van der Waals surface area contributed by atoms with E-state index in [2.05, 4.69) is 39.8 Å². The predicted octanol–water partition coefficient (Wildman–Crippen LogP) is 5.71. The van der Waals surface area contributed by atoms with Crippen LogP contribution in [0.5, 0.6) is 0 Å². The fourth-order valence-electron chi connectivity index (χ4n) is 7.51. The molecule has 0 aromatic rings. The largest absolute Gasteiger partial charge is 0.393 e. The van der Waals surface area contributed by atoms with Gasteiger partial charge in [-0.3, -0.25) is 4.79 Å². The number of allylic oxidation sites excluding steroid dienone is 3. The normalized spacial score (nSPS) is 46.7. The molecular formula is C25H38O2. The summed E-state index contributed by atoms with van der Waals surface area (Å²) in [5, 5.41) is 10.2. The Hall–Kier alpha value is -0.890. The maximum absolute atomic E-state index is 13.0. The lowest BCUT2D eigenvalue weighted by molar-refractivity contribution is -0.124. The van der Waals surface area contributed by atoms with Crippen molar-refractivity contribution in [2.75, 3.05) is 0 Å². The summed E-state index contributed by atoms with van der Waals surface area (Å²) in [5.41, 5.74) is 2.02. The van der Waals surface area contributed by atoms with E-state index in [4.69, 9.17) is 0 Å². The zero-order valence-corrected chi connectivity index (χ0v) is 17.7. The Morgan fingerprint density at radius 3 is 2.67 bits per heavy atom. The van der Waals surface area contributed by atoms with Crippen LogP contribution in [0.3, 0.4) is 0 Å². The minimum absolute atomic E-state index is 0.129. The third-order valence-electron chi connectivity index (χ3n) is 9.07. The topological polar surface area (TPSA) is 37.3 Å². The molecule has 150 valence electrons. The molecule has 0 amide bonds. The highest BCUT2D eigenvalue weighted by atomic mass is 16.3. The highest BCUT2D eigenvalue weighted by Gasteiger charge is 2.59. The molecule has 7 atom stereocenters. The fourth-order valence-corrected chi connectivity index (χ4v) is 7.51. The van der Waals surface area contributed by atoms with Gasteiger partial charge in [-0.1, -0.05) is 45.4 Å². The van der Waals surface area contributed by atoms with E-state index in [0.29, 0.717) is 23.0 Å². The van der Waals surface area contributed by atoms with Crippen molar-refractivity contribution in [1.82, 2.24) is 0 Å². The average molecular weight is 371 g/mol. The number of carbonyl (C=O) groups is 1. The summed E-state index contributed by atoms with van der Waals surface area (Å²) in [5.74, 6) is 3.23. The summed E-state index contributed by atoms with van der Waals surface area (Å²) in [6.07, 6.45) is 15.3. The molecule has 0 bridgehead atoms. The number of ketones is 1. The first-order valence-corrected chi connectivity index (χ1v) is 11.4. The average Bonchev–Trinajstić information content (AvgIpc) is 2.97. The quantitative estimate of drug-likeness (QED) is 0.510. The Labute approximate surface area is 165 Å². The third-order valence-corrected chi connectivity index (χ3v) is 9.07. The molecule has 4 rings (SSSR count). The van der Waals surface area contributed by atoms with Gasteiger partial charge in [0, 0.05) is 5.92 Å². The van der Waals surface area contributed by atoms with Gasteiger partial charge in [0.1, 0.15) is 0 Å². The second-order valence-corrected chi connectivity index (χ2v) is 10.8. The Kier molecular flexibility index (Phi) is 4.94. The van der Waals surface area contributed by atoms with Gasteiger partial charge < -0.3 is 5.11 Å². The number of carbonyl (C=O) groups excluding carboxylic acids is 1. The molecular weight excluding hydrogens is 332 g/mol. The lowest BCUT2D eigenvalue weighted by atomic mass is 9.47. The summed E-state index contributed by atoms with van der Waals surface area (Å²) < 4.78 is 0. The first-order valence-electron chi connectivity index (χ1n) is 11.4. The van der Waals surface area contributed by atoms with Gasteiger partial charge in [-0.2, -0.15) is 0 Å². The summed E-state index contributed by atoms with van der Waals surface area (Å²) in [4.78, 5) is 13.0. The molecule has 1 N–H and O–H groups in total. The monoisotopic (exact) mass is 370 g/mol. The van der Waals surface area contributed by atoms with E-state index in [-0.39, 0.29) is 17.4 Å². The van der Waals surface area contributed by atoms with Gasteiger partial charge in [-0.15, -0.1) is 0 Å². The number of hydrogen-bond acceptors (Lipinski definition) is 2. The van der Waals surface area contributed by atoms with Gasteiger partial charge in [0.05, 0.1) is 6.10 Å². The smallest absolute Gasteiger partial charge is 0.159 e. The van der Waals surface area contributed by atoms with Crippen LogP contribution in [0.4, 0.5) is 0 Å². The molecule has 3 saturated carbocycles. The third kappa shape index (κ3) is 3.07. The van der Waals surface area contributed by atoms with Crippen LogP contribution in [0.25, 0.3) is 0 Å². The highest BCUT2D eigenvalue weighted by molar-refractivity contribution is 5.92. The molecule has 0 radical (unpaired) electrons. The molecule has 7 unspecified atom stereocenters. The molecule has 2 heteroatoms. The molecule has 27 heavy (non-hydrogen) atoms. The Balaban J connectivity index is 1.58. The van der Waals surface area contributed by atoms with Crippen LogP contribution < -0.4 is 0 Å². The molecule has 0 aromatic heterocycles. The van der Waals surface area contributed by atoms with Crippen LogP contribution in [0, 0.1) is 40.4 Å². The Bertz CT molecular complexity index is 659. The van der Waals surface area contributed by atoms with Crippen LogP contribution in [-0.2, 0) is 4.79 Å². The second-order valence-electron chi connectivity index (χ2n) is 10.8. The molecule has 4 aliphatic carbocycles. The molecule has 3 fully saturated rings. The zero-order chi connectivity index (χ0) is 19.4. The van der Waals surface area contributed by atoms with Crippen molar-refractivity contribution in [2.24, 2.45) is 40.4 Å². The second kappa shape index (κ2) is 6.87. The van der Waals surface area contributed by atoms with Crippen molar-refractivity contribution in [2.45, 2.75) is 85.2 Å². The standard InChI is InChI=1S/C25H38O2/c1-16(2)5-10-23(27)22-9-8-20-19-7-6-17-15-18(26)11-13-24(17,3)21(19)12-14-25(20,22)4/h5-6,10,16,18-22,26H,7-9,11-15H2,1-4H3/b10-5+. The van der Waals surface area contributed by atoms with Gasteiger partial charge in [0.25, 0.3) is 0 Å². The lowest BCUT2D eigenvalue weighted by Crippen LogP contribution is -2.50. The van der Waals surface area contributed by atoms with Gasteiger partial charge >= 0.3 is 0 Å². The molecule has 0 heterocycles. The fraction of sp³-hybridized carbons (Fsp3) is 0.800. The lowest BCUT2D eigenvalue weighted by Gasteiger charge is -2.57. The predicted molar refractivity (Wildman–Crippen MR) is 110 cm³/mol. The van der Waals surface area contributed by atoms with E-state index < -0.39 is 0 Å². The number of aliphatic hydroxyl groups is 1. The van der Waals surface area contributed by atoms with Crippen molar-refractivity contribution in [3.8, 4) is 0 Å². The SMILES string of the molecule is CC(C)/C=C/C(=O)C1CCC2C3CC=C4CC(O)CCC4(C)C3CCC12C. The minimum Gasteiger partial charge on any atom is -0.393 e.